The van der Waals surface area contributed by atoms with Gasteiger partial charge < -0.3 is 15.0 Å². The van der Waals surface area contributed by atoms with Crippen molar-refractivity contribution in [1.82, 2.24) is 0 Å². The predicted molar refractivity (Wildman–Crippen MR) is 103 cm³/mol. The number of rotatable bonds is 6. The summed E-state index contributed by atoms with van der Waals surface area (Å²) in [5, 5.41) is 2.59. The first-order valence-corrected chi connectivity index (χ1v) is 8.93. The van der Waals surface area contributed by atoms with E-state index in [4.69, 9.17) is 4.74 Å². The average molecular weight is 380 g/mol. The average Bonchev–Trinajstić information content (AvgIpc) is 3.12. The number of nitrogens with zero attached hydrogens (tertiary/aromatic N) is 1. The Bertz CT molecular complexity index is 938. The van der Waals surface area contributed by atoms with Crippen LogP contribution in [-0.4, -0.2) is 36.7 Å². The minimum Gasteiger partial charge on any atom is -0.452 e. The number of hydrogen-bond acceptors (Lipinski definition) is 5. The summed E-state index contributed by atoms with van der Waals surface area (Å²) in [6.07, 6.45) is 1.19. The molecule has 1 aliphatic rings. The molecule has 0 aliphatic carbocycles. The molecule has 0 aromatic heterocycles. The SMILES string of the molecule is CC(=O)c1cccc(NC(=O)COC(=O)c2ccccc2N2CCCC2=O)c1. The molecule has 2 aromatic rings. The predicted octanol–water partition coefficient (Wildman–Crippen LogP) is 2.81. The summed E-state index contributed by atoms with van der Waals surface area (Å²) in [6.45, 7) is 1.51. The molecule has 3 rings (SSSR count). The Hall–Kier alpha value is -3.48. The lowest BCUT2D eigenvalue weighted by Gasteiger charge is -2.18. The number of hydrogen-bond donors (Lipinski definition) is 1. The molecule has 0 bridgehead atoms. The summed E-state index contributed by atoms with van der Waals surface area (Å²) in [5.74, 6) is -1.36. The zero-order chi connectivity index (χ0) is 20.1. The van der Waals surface area contributed by atoms with Crippen LogP contribution >= 0.6 is 0 Å². The first-order chi connectivity index (χ1) is 13.5. The fourth-order valence-electron chi connectivity index (χ4n) is 3.01. The van der Waals surface area contributed by atoms with E-state index in [2.05, 4.69) is 5.32 Å². The van der Waals surface area contributed by atoms with Crippen molar-refractivity contribution in [2.45, 2.75) is 19.8 Å². The van der Waals surface area contributed by atoms with Gasteiger partial charge in [0.2, 0.25) is 5.91 Å². The number of carbonyl (C=O) groups is 4. The number of Topliss-reactive ketones (excluding diaryl/α,β-unsaturated/α-hetero) is 1. The zero-order valence-corrected chi connectivity index (χ0v) is 15.4. The minimum absolute atomic E-state index is 0.0386. The van der Waals surface area contributed by atoms with E-state index < -0.39 is 18.5 Å². The molecule has 0 spiro atoms. The topological polar surface area (TPSA) is 92.8 Å². The number of ketones is 1. The van der Waals surface area contributed by atoms with Crippen molar-refractivity contribution in [1.29, 1.82) is 0 Å². The summed E-state index contributed by atoms with van der Waals surface area (Å²) in [4.78, 5) is 49.5. The van der Waals surface area contributed by atoms with Crippen LogP contribution in [0.5, 0.6) is 0 Å². The Kier molecular flexibility index (Phi) is 5.84. The van der Waals surface area contributed by atoms with Crippen molar-refractivity contribution in [3.63, 3.8) is 0 Å². The van der Waals surface area contributed by atoms with Crippen LogP contribution in [0.1, 0.15) is 40.5 Å². The molecule has 1 fully saturated rings. The molecule has 1 heterocycles. The van der Waals surface area contributed by atoms with Gasteiger partial charge in [-0.15, -0.1) is 0 Å². The van der Waals surface area contributed by atoms with Crippen molar-refractivity contribution in [3.05, 3.63) is 59.7 Å². The number of amides is 2. The highest BCUT2D eigenvalue weighted by Gasteiger charge is 2.26. The number of esters is 1. The van der Waals surface area contributed by atoms with Gasteiger partial charge in [-0.05, 0) is 37.6 Å². The summed E-state index contributed by atoms with van der Waals surface area (Å²) in [5.41, 5.74) is 1.64. The molecular formula is C21H20N2O5. The van der Waals surface area contributed by atoms with Gasteiger partial charge in [0, 0.05) is 24.2 Å². The van der Waals surface area contributed by atoms with Gasteiger partial charge in [0.1, 0.15) is 0 Å². The molecular weight excluding hydrogens is 360 g/mol. The van der Waals surface area contributed by atoms with Crippen LogP contribution in [0.2, 0.25) is 0 Å². The first-order valence-electron chi connectivity index (χ1n) is 8.93. The summed E-state index contributed by atoms with van der Waals surface area (Å²) in [6, 6.07) is 13.2. The molecule has 0 radical (unpaired) electrons. The van der Waals surface area contributed by atoms with Gasteiger partial charge in [-0.3, -0.25) is 14.4 Å². The quantitative estimate of drug-likeness (QED) is 0.614. The third-order valence-corrected chi connectivity index (χ3v) is 4.38. The lowest BCUT2D eigenvalue weighted by atomic mass is 10.1. The van der Waals surface area contributed by atoms with Crippen LogP contribution in [0.4, 0.5) is 11.4 Å². The lowest BCUT2D eigenvalue weighted by molar-refractivity contribution is -0.119. The number of benzene rings is 2. The molecule has 28 heavy (non-hydrogen) atoms. The Morgan fingerprint density at radius 1 is 1.11 bits per heavy atom. The fraction of sp³-hybridized carbons (Fsp3) is 0.238. The fourth-order valence-corrected chi connectivity index (χ4v) is 3.01. The van der Waals surface area contributed by atoms with Crippen molar-refractivity contribution >= 4 is 34.9 Å². The molecule has 2 amide bonds. The Morgan fingerprint density at radius 2 is 1.89 bits per heavy atom. The Labute approximate surface area is 162 Å². The first kappa shape index (κ1) is 19.3. The number of carbonyl (C=O) groups excluding carboxylic acids is 4. The van der Waals surface area contributed by atoms with Crippen LogP contribution in [0.3, 0.4) is 0 Å². The maximum absolute atomic E-state index is 12.4. The van der Waals surface area contributed by atoms with E-state index in [0.29, 0.717) is 29.9 Å². The molecule has 144 valence electrons. The van der Waals surface area contributed by atoms with Crippen LogP contribution in [0.25, 0.3) is 0 Å². The van der Waals surface area contributed by atoms with E-state index in [1.165, 1.54) is 6.92 Å². The van der Waals surface area contributed by atoms with Crippen molar-refractivity contribution in [3.8, 4) is 0 Å². The normalized spacial score (nSPS) is 13.3. The number of nitrogens with one attached hydrogen (secondary N) is 1. The van der Waals surface area contributed by atoms with Gasteiger partial charge in [-0.1, -0.05) is 24.3 Å². The smallest absolute Gasteiger partial charge is 0.340 e. The van der Waals surface area contributed by atoms with Crippen molar-refractivity contribution in [2.24, 2.45) is 0 Å². The van der Waals surface area contributed by atoms with E-state index in [1.54, 1.807) is 53.4 Å². The second-order valence-corrected chi connectivity index (χ2v) is 6.43. The van der Waals surface area contributed by atoms with E-state index in [9.17, 15) is 19.2 Å². The standard InChI is InChI=1S/C21H20N2O5/c1-14(24)15-6-4-7-16(12-15)22-19(25)13-28-21(27)17-8-2-3-9-18(17)23-11-5-10-20(23)26/h2-4,6-9,12H,5,10-11,13H2,1H3,(H,22,25). The van der Waals surface area contributed by atoms with Gasteiger partial charge >= 0.3 is 5.97 Å². The second kappa shape index (κ2) is 8.47. The van der Waals surface area contributed by atoms with E-state index in [1.807, 2.05) is 0 Å². The molecule has 1 N–H and O–H groups in total. The number of para-hydroxylation sites is 1. The summed E-state index contributed by atoms with van der Waals surface area (Å²) >= 11 is 0. The highest BCUT2D eigenvalue weighted by molar-refractivity contribution is 6.04. The van der Waals surface area contributed by atoms with E-state index in [-0.39, 0.29) is 17.3 Å². The van der Waals surface area contributed by atoms with E-state index >= 15 is 0 Å². The Balaban J connectivity index is 1.63. The Morgan fingerprint density at radius 3 is 2.61 bits per heavy atom. The highest BCUT2D eigenvalue weighted by Crippen LogP contribution is 2.26. The van der Waals surface area contributed by atoms with Gasteiger partial charge in [-0.25, -0.2) is 4.79 Å². The lowest BCUT2D eigenvalue weighted by Crippen LogP contribution is -2.27. The second-order valence-electron chi connectivity index (χ2n) is 6.43. The highest BCUT2D eigenvalue weighted by atomic mass is 16.5. The van der Waals surface area contributed by atoms with Crippen molar-refractivity contribution in [2.75, 3.05) is 23.4 Å². The molecule has 7 heteroatoms. The van der Waals surface area contributed by atoms with Gasteiger partial charge in [-0.2, -0.15) is 0 Å². The van der Waals surface area contributed by atoms with Gasteiger partial charge in [0.15, 0.2) is 12.4 Å². The summed E-state index contributed by atoms with van der Waals surface area (Å²) in [7, 11) is 0. The molecule has 1 aliphatic heterocycles. The van der Waals surface area contributed by atoms with Crippen LogP contribution in [-0.2, 0) is 14.3 Å². The molecule has 0 atom stereocenters. The molecule has 1 saturated heterocycles. The number of anilines is 2. The van der Waals surface area contributed by atoms with Gasteiger partial charge in [0.25, 0.3) is 5.91 Å². The van der Waals surface area contributed by atoms with Crippen LogP contribution in [0, 0.1) is 0 Å². The van der Waals surface area contributed by atoms with Crippen LogP contribution < -0.4 is 10.2 Å². The maximum atomic E-state index is 12.4. The zero-order valence-electron chi connectivity index (χ0n) is 15.4. The summed E-state index contributed by atoms with van der Waals surface area (Å²) < 4.78 is 5.12. The third-order valence-electron chi connectivity index (χ3n) is 4.38. The molecule has 0 unspecified atom stereocenters. The monoisotopic (exact) mass is 380 g/mol. The van der Waals surface area contributed by atoms with E-state index in [0.717, 1.165) is 6.42 Å². The minimum atomic E-state index is -0.678. The maximum Gasteiger partial charge on any atom is 0.340 e. The van der Waals surface area contributed by atoms with Gasteiger partial charge in [0.05, 0.1) is 11.3 Å². The number of ether oxygens (including phenoxy) is 1. The molecule has 0 saturated carbocycles. The van der Waals surface area contributed by atoms with Crippen molar-refractivity contribution < 1.29 is 23.9 Å². The largest absolute Gasteiger partial charge is 0.452 e. The molecule has 2 aromatic carbocycles. The third kappa shape index (κ3) is 4.43. The van der Waals surface area contributed by atoms with Crippen LogP contribution in [0.15, 0.2) is 48.5 Å². The molecule has 7 nitrogen and oxygen atoms in total.